The first-order valence-electron chi connectivity index (χ1n) is 8.71. The molecule has 0 unspecified atom stereocenters. The van der Waals surface area contributed by atoms with Crippen LogP contribution >= 0.6 is 0 Å². The molecule has 1 aromatic rings. The fraction of sp³-hybridized carbons (Fsp3) is 0.611. The van der Waals surface area contributed by atoms with Gasteiger partial charge in [-0.3, -0.25) is 0 Å². The molecule has 0 saturated carbocycles. The number of ether oxygens (including phenoxy) is 1. The van der Waals surface area contributed by atoms with Gasteiger partial charge in [0.2, 0.25) is 0 Å². The lowest BCUT2D eigenvalue weighted by molar-refractivity contribution is 0.151. The lowest BCUT2D eigenvalue weighted by Gasteiger charge is -2.38. The summed E-state index contributed by atoms with van der Waals surface area (Å²) in [6.45, 7) is 5.14. The summed E-state index contributed by atoms with van der Waals surface area (Å²) in [4.78, 5) is 19.0. The van der Waals surface area contributed by atoms with Crippen LogP contribution in [-0.4, -0.2) is 62.2 Å². The number of hydrogen-bond donors (Lipinski definition) is 0. The number of hydrogen-bond acceptors (Lipinski definition) is 3. The van der Waals surface area contributed by atoms with Crippen LogP contribution in [0.1, 0.15) is 25.7 Å². The summed E-state index contributed by atoms with van der Waals surface area (Å²) in [5, 5.41) is 0. The number of rotatable bonds is 2. The molecule has 3 rings (SSSR count). The third-order valence-corrected chi connectivity index (χ3v) is 4.85. The van der Waals surface area contributed by atoms with Crippen LogP contribution in [0.2, 0.25) is 0 Å². The van der Waals surface area contributed by atoms with Gasteiger partial charge in [0.25, 0.3) is 0 Å². The molecule has 2 saturated heterocycles. The van der Waals surface area contributed by atoms with Gasteiger partial charge in [-0.1, -0.05) is 25.0 Å². The third-order valence-electron chi connectivity index (χ3n) is 4.85. The van der Waals surface area contributed by atoms with Gasteiger partial charge in [-0.05, 0) is 25.0 Å². The Balaban J connectivity index is 1.58. The number of carbonyl (C=O) groups is 1. The van der Waals surface area contributed by atoms with Crippen molar-refractivity contribution < 1.29 is 9.53 Å². The molecule has 0 aliphatic carbocycles. The Morgan fingerprint density at radius 3 is 2.13 bits per heavy atom. The summed E-state index contributed by atoms with van der Waals surface area (Å²) in [7, 11) is 1.71. The van der Waals surface area contributed by atoms with E-state index in [9.17, 15) is 4.79 Å². The van der Waals surface area contributed by atoms with Gasteiger partial charge >= 0.3 is 6.03 Å². The van der Waals surface area contributed by atoms with E-state index < -0.39 is 0 Å². The zero-order chi connectivity index (χ0) is 16.1. The maximum absolute atomic E-state index is 12.7. The fourth-order valence-corrected chi connectivity index (χ4v) is 3.49. The van der Waals surface area contributed by atoms with Crippen molar-refractivity contribution in [2.75, 3.05) is 51.3 Å². The van der Waals surface area contributed by atoms with E-state index >= 15 is 0 Å². The van der Waals surface area contributed by atoms with E-state index in [1.807, 2.05) is 28.0 Å². The summed E-state index contributed by atoms with van der Waals surface area (Å²) < 4.78 is 5.45. The summed E-state index contributed by atoms with van der Waals surface area (Å²) in [6, 6.07) is 8.33. The van der Waals surface area contributed by atoms with Crippen molar-refractivity contribution in [1.29, 1.82) is 0 Å². The lowest BCUT2D eigenvalue weighted by atomic mass is 10.2. The normalized spacial score (nSPS) is 19.4. The Morgan fingerprint density at radius 2 is 1.48 bits per heavy atom. The predicted octanol–water partition coefficient (Wildman–Crippen LogP) is 2.81. The summed E-state index contributed by atoms with van der Waals surface area (Å²) >= 11 is 0. The fourth-order valence-electron chi connectivity index (χ4n) is 3.49. The highest BCUT2D eigenvalue weighted by Gasteiger charge is 2.26. The van der Waals surface area contributed by atoms with Gasteiger partial charge in [-0.2, -0.15) is 0 Å². The number of benzene rings is 1. The number of carbonyl (C=O) groups excluding carboxylic acids is 1. The van der Waals surface area contributed by atoms with Gasteiger partial charge in [0.05, 0.1) is 12.8 Å². The molecule has 126 valence electrons. The second-order valence-corrected chi connectivity index (χ2v) is 6.33. The molecular formula is C18H27N3O2. The molecule has 0 radical (unpaired) electrons. The average Bonchev–Trinajstić information content (AvgIpc) is 2.90. The van der Waals surface area contributed by atoms with Crippen LogP contribution in [0, 0.1) is 0 Å². The largest absolute Gasteiger partial charge is 0.495 e. The van der Waals surface area contributed by atoms with Crippen molar-refractivity contribution in [3.63, 3.8) is 0 Å². The highest BCUT2D eigenvalue weighted by Crippen LogP contribution is 2.28. The minimum absolute atomic E-state index is 0.228. The Bertz CT molecular complexity index is 519. The molecule has 0 spiro atoms. The highest BCUT2D eigenvalue weighted by atomic mass is 16.5. The van der Waals surface area contributed by atoms with E-state index in [2.05, 4.69) is 11.0 Å². The van der Waals surface area contributed by atoms with Gasteiger partial charge in [0.15, 0.2) is 0 Å². The van der Waals surface area contributed by atoms with E-state index in [-0.39, 0.29) is 6.03 Å². The summed E-state index contributed by atoms with van der Waals surface area (Å²) in [5.41, 5.74) is 1.12. The molecule has 2 aliphatic rings. The number of nitrogens with zero attached hydrogens (tertiary/aromatic N) is 3. The molecule has 5 heteroatoms. The Labute approximate surface area is 138 Å². The molecule has 0 bridgehead atoms. The first-order valence-corrected chi connectivity index (χ1v) is 8.71. The van der Waals surface area contributed by atoms with Gasteiger partial charge in [0, 0.05) is 39.3 Å². The Morgan fingerprint density at radius 1 is 0.870 bits per heavy atom. The van der Waals surface area contributed by atoms with Crippen LogP contribution in [0.3, 0.4) is 0 Å². The number of anilines is 1. The topological polar surface area (TPSA) is 36.0 Å². The van der Waals surface area contributed by atoms with Gasteiger partial charge in [-0.15, -0.1) is 0 Å². The first kappa shape index (κ1) is 16.0. The molecule has 0 N–H and O–H groups in total. The van der Waals surface area contributed by atoms with E-state index in [1.165, 1.54) is 12.8 Å². The molecule has 2 fully saturated rings. The lowest BCUT2D eigenvalue weighted by Crippen LogP contribution is -2.53. The average molecular weight is 317 g/mol. The van der Waals surface area contributed by atoms with Crippen molar-refractivity contribution in [3.05, 3.63) is 24.3 Å². The van der Waals surface area contributed by atoms with Crippen LogP contribution in [0.15, 0.2) is 24.3 Å². The van der Waals surface area contributed by atoms with Crippen LogP contribution in [0.5, 0.6) is 5.75 Å². The zero-order valence-corrected chi connectivity index (χ0v) is 14.0. The standard InChI is InChI=1S/C18H27N3O2/c1-23-17-9-5-4-8-16(17)19-12-14-21(15-13-19)18(22)20-10-6-2-3-7-11-20/h4-5,8-9H,2-3,6-7,10-15H2,1H3. The van der Waals surface area contributed by atoms with Crippen LogP contribution in [0.4, 0.5) is 10.5 Å². The second kappa shape index (κ2) is 7.57. The second-order valence-electron chi connectivity index (χ2n) is 6.33. The maximum Gasteiger partial charge on any atom is 0.320 e. The minimum atomic E-state index is 0.228. The molecule has 23 heavy (non-hydrogen) atoms. The molecule has 0 atom stereocenters. The highest BCUT2D eigenvalue weighted by molar-refractivity contribution is 5.75. The molecule has 5 nitrogen and oxygen atoms in total. The van der Waals surface area contributed by atoms with E-state index in [1.54, 1.807) is 7.11 Å². The van der Waals surface area contributed by atoms with Gasteiger partial charge in [-0.25, -0.2) is 4.79 Å². The van der Waals surface area contributed by atoms with E-state index in [0.717, 1.165) is 63.5 Å². The van der Waals surface area contributed by atoms with Crippen molar-refractivity contribution in [2.24, 2.45) is 0 Å². The number of likely N-dealkylation sites (tertiary alicyclic amines) is 1. The van der Waals surface area contributed by atoms with Gasteiger partial charge in [0.1, 0.15) is 5.75 Å². The van der Waals surface area contributed by atoms with Crippen LogP contribution in [0.25, 0.3) is 0 Å². The molecular weight excluding hydrogens is 290 g/mol. The first-order chi connectivity index (χ1) is 11.3. The van der Waals surface area contributed by atoms with Crippen molar-refractivity contribution in [2.45, 2.75) is 25.7 Å². The van der Waals surface area contributed by atoms with Gasteiger partial charge < -0.3 is 19.4 Å². The summed E-state index contributed by atoms with van der Waals surface area (Å²) in [5.74, 6) is 0.903. The molecule has 2 amide bonds. The van der Waals surface area contributed by atoms with E-state index in [4.69, 9.17) is 4.74 Å². The summed E-state index contributed by atoms with van der Waals surface area (Å²) in [6.07, 6.45) is 4.80. The molecule has 2 heterocycles. The predicted molar refractivity (Wildman–Crippen MR) is 92.2 cm³/mol. The Hall–Kier alpha value is -1.91. The molecule has 0 aromatic heterocycles. The molecule has 2 aliphatic heterocycles. The number of para-hydroxylation sites is 2. The minimum Gasteiger partial charge on any atom is -0.495 e. The smallest absolute Gasteiger partial charge is 0.320 e. The SMILES string of the molecule is COc1ccccc1N1CCN(C(=O)N2CCCCCC2)CC1. The van der Waals surface area contributed by atoms with Crippen LogP contribution in [-0.2, 0) is 0 Å². The number of amides is 2. The maximum atomic E-state index is 12.7. The number of methoxy groups -OCH3 is 1. The van der Waals surface area contributed by atoms with Crippen molar-refractivity contribution in [3.8, 4) is 5.75 Å². The zero-order valence-electron chi connectivity index (χ0n) is 14.0. The van der Waals surface area contributed by atoms with Crippen LogP contribution < -0.4 is 9.64 Å². The number of urea groups is 1. The quantitative estimate of drug-likeness (QED) is 0.841. The van der Waals surface area contributed by atoms with Crippen molar-refractivity contribution >= 4 is 11.7 Å². The van der Waals surface area contributed by atoms with E-state index in [0.29, 0.717) is 0 Å². The molecule has 1 aromatic carbocycles. The van der Waals surface area contributed by atoms with Crippen molar-refractivity contribution in [1.82, 2.24) is 9.80 Å². The third kappa shape index (κ3) is 3.71. The number of piperazine rings is 1. The monoisotopic (exact) mass is 317 g/mol. The Kier molecular flexibility index (Phi) is 5.26.